The number of carbonyl (C=O) groups excluding carboxylic acids is 2. The molecule has 0 saturated carbocycles. The summed E-state index contributed by atoms with van der Waals surface area (Å²) in [6.45, 7) is 8.11. The van der Waals surface area contributed by atoms with Gasteiger partial charge in [0.25, 0.3) is 0 Å². The minimum atomic E-state index is -3.95. The molecule has 0 amide bonds. The lowest BCUT2D eigenvalue weighted by Crippen LogP contribution is -2.31. The van der Waals surface area contributed by atoms with Gasteiger partial charge in [-0.1, -0.05) is 42.5 Å². The number of hydrogen-bond donors (Lipinski definition) is 1. The maximum absolute atomic E-state index is 12.8. The van der Waals surface area contributed by atoms with Crippen molar-refractivity contribution in [3.8, 4) is 5.75 Å². The molecule has 0 bridgehead atoms. The molecule has 142 valence electrons. The van der Waals surface area contributed by atoms with Crippen LogP contribution in [-0.4, -0.2) is 20.2 Å². The monoisotopic (exact) mass is 387 g/mol. The Hall–Kier alpha value is -2.77. The number of ether oxygens (including phenoxy) is 1. The van der Waals surface area contributed by atoms with Gasteiger partial charge < -0.3 is 4.74 Å². The van der Waals surface area contributed by atoms with Crippen molar-refractivity contribution in [3.63, 3.8) is 0 Å². The maximum Gasteiger partial charge on any atom is 0.308 e. The average molecular weight is 387 g/mol. The molecule has 1 atom stereocenters. The van der Waals surface area contributed by atoms with Crippen molar-refractivity contribution in [1.82, 2.24) is 4.72 Å². The fraction of sp³-hybridized carbons (Fsp3) is 0.200. The molecular formula is C20H21NO5S. The van der Waals surface area contributed by atoms with Crippen molar-refractivity contribution in [2.24, 2.45) is 0 Å². The minimum absolute atomic E-state index is 0.0327. The average Bonchev–Trinajstić information content (AvgIpc) is 2.59. The molecule has 0 saturated heterocycles. The van der Waals surface area contributed by atoms with Crippen LogP contribution in [-0.2, 0) is 19.6 Å². The second-order valence-corrected chi connectivity index (χ2v) is 7.79. The number of esters is 1. The molecule has 0 fully saturated rings. The first-order chi connectivity index (χ1) is 12.6. The van der Waals surface area contributed by atoms with E-state index >= 15 is 0 Å². The normalized spacial score (nSPS) is 12.3. The third-order valence-electron chi connectivity index (χ3n) is 3.89. The summed E-state index contributed by atoms with van der Waals surface area (Å²) in [6.07, 6.45) is 0. The third-order valence-corrected chi connectivity index (χ3v) is 5.33. The van der Waals surface area contributed by atoms with Crippen LogP contribution in [0.2, 0.25) is 0 Å². The Morgan fingerprint density at radius 2 is 1.63 bits per heavy atom. The Kier molecular flexibility index (Phi) is 6.30. The first-order valence-electron chi connectivity index (χ1n) is 8.18. The van der Waals surface area contributed by atoms with Crippen LogP contribution in [0.15, 0.2) is 65.6 Å². The van der Waals surface area contributed by atoms with Gasteiger partial charge in [0.05, 0.1) is 10.9 Å². The van der Waals surface area contributed by atoms with Crippen LogP contribution in [0, 0.1) is 6.92 Å². The van der Waals surface area contributed by atoms with E-state index < -0.39 is 22.0 Å². The van der Waals surface area contributed by atoms with Crippen LogP contribution < -0.4 is 9.46 Å². The Bertz CT molecular complexity index is 978. The highest BCUT2D eigenvalue weighted by molar-refractivity contribution is 7.89. The van der Waals surface area contributed by atoms with E-state index in [4.69, 9.17) is 4.74 Å². The van der Waals surface area contributed by atoms with Crippen molar-refractivity contribution >= 4 is 21.8 Å². The van der Waals surface area contributed by atoms with E-state index in [0.717, 1.165) is 5.56 Å². The second-order valence-electron chi connectivity index (χ2n) is 6.08. The Morgan fingerprint density at radius 1 is 1.04 bits per heavy atom. The first kappa shape index (κ1) is 20.5. The summed E-state index contributed by atoms with van der Waals surface area (Å²) >= 11 is 0. The van der Waals surface area contributed by atoms with Crippen molar-refractivity contribution in [3.05, 3.63) is 71.8 Å². The minimum Gasteiger partial charge on any atom is -0.426 e. The predicted octanol–water partition coefficient (Wildman–Crippen LogP) is 3.09. The third kappa shape index (κ3) is 5.12. The zero-order valence-corrected chi connectivity index (χ0v) is 16.2. The number of rotatable bonds is 7. The number of ketones is 1. The molecule has 0 aliphatic heterocycles. The van der Waals surface area contributed by atoms with Gasteiger partial charge in [0.2, 0.25) is 10.0 Å². The largest absolute Gasteiger partial charge is 0.426 e. The molecule has 2 rings (SSSR count). The Balaban J connectivity index is 2.51. The van der Waals surface area contributed by atoms with Crippen LogP contribution in [0.1, 0.15) is 31.0 Å². The molecule has 0 radical (unpaired) electrons. The highest BCUT2D eigenvalue weighted by Crippen LogP contribution is 2.31. The molecule has 7 heteroatoms. The summed E-state index contributed by atoms with van der Waals surface area (Å²) in [5.74, 6) is -0.788. The lowest BCUT2D eigenvalue weighted by Gasteiger charge is -2.22. The highest BCUT2D eigenvalue weighted by Gasteiger charge is 2.28. The number of Topliss-reactive ketones (excluding diaryl/α,β-unsaturated/α-hetero) is 1. The second kappa shape index (κ2) is 8.28. The van der Waals surface area contributed by atoms with E-state index in [9.17, 15) is 18.0 Å². The number of aryl methyl sites for hydroxylation is 1. The van der Waals surface area contributed by atoms with Gasteiger partial charge in [-0.3, -0.25) is 9.59 Å². The molecule has 2 aromatic carbocycles. The summed E-state index contributed by atoms with van der Waals surface area (Å²) in [6, 6.07) is 11.6. The molecule has 0 aliphatic carbocycles. The first-order valence-corrected chi connectivity index (χ1v) is 9.66. The summed E-state index contributed by atoms with van der Waals surface area (Å²) in [5.41, 5.74) is 1.27. The summed E-state index contributed by atoms with van der Waals surface area (Å²) in [7, 11) is -3.95. The van der Waals surface area contributed by atoms with Crippen LogP contribution >= 0.6 is 0 Å². The Morgan fingerprint density at radius 3 is 2.19 bits per heavy atom. The number of benzene rings is 2. The molecule has 0 heterocycles. The zero-order chi connectivity index (χ0) is 20.2. The van der Waals surface area contributed by atoms with Crippen LogP contribution in [0.5, 0.6) is 5.75 Å². The number of carbonyl (C=O) groups is 2. The molecule has 0 spiro atoms. The van der Waals surface area contributed by atoms with Gasteiger partial charge in [0.15, 0.2) is 5.78 Å². The lowest BCUT2D eigenvalue weighted by atomic mass is 9.97. The number of hydrogen-bond acceptors (Lipinski definition) is 5. The van der Waals surface area contributed by atoms with Crippen molar-refractivity contribution in [2.75, 3.05) is 0 Å². The number of nitrogens with one attached hydrogen (secondary N) is 1. The van der Waals surface area contributed by atoms with E-state index in [-0.39, 0.29) is 22.0 Å². The van der Waals surface area contributed by atoms with E-state index in [1.807, 2.05) is 6.92 Å². The molecule has 0 aromatic heterocycles. The fourth-order valence-corrected chi connectivity index (χ4v) is 3.64. The standard InChI is InChI=1S/C20H21NO5S/c1-13-9-11-17(12-10-13)27(24,25)21-20(14(2)15(3)22)18-7-5-6-8-19(18)26-16(4)23/h5-12,20-21H,2H2,1,3-4H3/t20-/m1/s1. The molecule has 0 aliphatic rings. The topological polar surface area (TPSA) is 89.5 Å². The van der Waals surface area contributed by atoms with Crippen LogP contribution in [0.4, 0.5) is 0 Å². The van der Waals surface area contributed by atoms with Gasteiger partial charge in [-0.25, -0.2) is 8.42 Å². The number of sulfonamides is 1. The molecule has 27 heavy (non-hydrogen) atoms. The van der Waals surface area contributed by atoms with Crippen molar-refractivity contribution in [1.29, 1.82) is 0 Å². The van der Waals surface area contributed by atoms with Gasteiger partial charge in [-0.2, -0.15) is 4.72 Å². The lowest BCUT2D eigenvalue weighted by molar-refractivity contribution is -0.131. The van der Waals surface area contributed by atoms with Crippen LogP contribution in [0.25, 0.3) is 0 Å². The molecule has 6 nitrogen and oxygen atoms in total. The van der Waals surface area contributed by atoms with Crippen molar-refractivity contribution < 1.29 is 22.7 Å². The van der Waals surface area contributed by atoms with Crippen LogP contribution in [0.3, 0.4) is 0 Å². The van der Waals surface area contributed by atoms with Gasteiger partial charge in [-0.15, -0.1) is 0 Å². The summed E-state index contributed by atoms with van der Waals surface area (Å²) < 4.78 is 33.3. The highest BCUT2D eigenvalue weighted by atomic mass is 32.2. The zero-order valence-electron chi connectivity index (χ0n) is 15.4. The van der Waals surface area contributed by atoms with Crippen molar-refractivity contribution in [2.45, 2.75) is 31.7 Å². The smallest absolute Gasteiger partial charge is 0.308 e. The van der Waals surface area contributed by atoms with E-state index in [2.05, 4.69) is 11.3 Å². The number of para-hydroxylation sites is 1. The summed E-state index contributed by atoms with van der Waals surface area (Å²) in [4.78, 5) is 23.4. The van der Waals surface area contributed by atoms with Gasteiger partial charge in [0, 0.05) is 18.1 Å². The quantitative estimate of drug-likeness (QED) is 0.448. The van der Waals surface area contributed by atoms with Gasteiger partial charge >= 0.3 is 5.97 Å². The maximum atomic E-state index is 12.8. The fourth-order valence-electron chi connectivity index (χ4n) is 2.43. The molecule has 1 N–H and O–H groups in total. The Labute approximate surface area is 158 Å². The van der Waals surface area contributed by atoms with E-state index in [1.165, 1.54) is 32.0 Å². The predicted molar refractivity (Wildman–Crippen MR) is 102 cm³/mol. The SMILES string of the molecule is C=C(C(C)=O)[C@@H](NS(=O)(=O)c1ccc(C)cc1)c1ccccc1OC(C)=O. The van der Waals surface area contributed by atoms with Gasteiger partial charge in [-0.05, 0) is 32.0 Å². The van der Waals surface area contributed by atoms with Gasteiger partial charge in [0.1, 0.15) is 5.75 Å². The van der Waals surface area contributed by atoms with E-state index in [0.29, 0.717) is 5.56 Å². The summed E-state index contributed by atoms with van der Waals surface area (Å²) in [5, 5.41) is 0. The molecule has 2 aromatic rings. The van der Waals surface area contributed by atoms with E-state index in [1.54, 1.807) is 30.3 Å². The molecular weight excluding hydrogens is 366 g/mol. The molecule has 0 unspecified atom stereocenters.